The van der Waals surface area contributed by atoms with Gasteiger partial charge in [0, 0.05) is 10.8 Å². The molecule has 0 aliphatic rings. The Kier molecular flexibility index (Phi) is 4.35. The predicted octanol–water partition coefficient (Wildman–Crippen LogP) is 5.38. The van der Waals surface area contributed by atoms with Crippen LogP contribution in [0.2, 0.25) is 0 Å². The summed E-state index contributed by atoms with van der Waals surface area (Å²) in [7, 11) is 0. The summed E-state index contributed by atoms with van der Waals surface area (Å²) in [5, 5.41) is 11.6. The Morgan fingerprint density at radius 3 is 1.43 bits per heavy atom. The molecule has 0 fully saturated rings. The lowest BCUT2D eigenvalue weighted by atomic mass is 10.1. The van der Waals surface area contributed by atoms with E-state index in [1.54, 1.807) is 24.3 Å². The molecule has 4 nitrogen and oxygen atoms in total. The molecule has 2 aromatic heterocycles. The highest BCUT2D eigenvalue weighted by Crippen LogP contribution is 2.28. The molecule has 5 aromatic rings. The minimum Gasteiger partial charge on any atom is -0.260 e. The molecule has 150 valence electrons. The van der Waals surface area contributed by atoms with Crippen LogP contribution in [0.3, 0.4) is 0 Å². The molecule has 0 bridgehead atoms. The number of rotatable bonds is 4. The summed E-state index contributed by atoms with van der Waals surface area (Å²) in [6, 6.07) is 17.2. The van der Waals surface area contributed by atoms with Gasteiger partial charge in [0.2, 0.25) is 0 Å². The molecule has 6 heteroatoms. The standard InChI is InChI=1S/C24H20F2N4/c1-15-21-11-22-16(2)28-30(14-18-5-9-20(26)10-6-18)24(22)12-23(21)29(27-15)13-17-3-7-19(25)8-4-17/h3-12H,13-14H2,1-2H3. The van der Waals surface area contributed by atoms with Crippen LogP contribution in [0.25, 0.3) is 21.8 Å². The summed E-state index contributed by atoms with van der Waals surface area (Å²) < 4.78 is 30.4. The quantitative estimate of drug-likeness (QED) is 0.405. The van der Waals surface area contributed by atoms with E-state index >= 15 is 0 Å². The van der Waals surface area contributed by atoms with Gasteiger partial charge in [-0.15, -0.1) is 0 Å². The molecule has 0 amide bonds. The highest BCUT2D eigenvalue weighted by atomic mass is 19.1. The van der Waals surface area contributed by atoms with Crippen LogP contribution in [0.5, 0.6) is 0 Å². The summed E-state index contributed by atoms with van der Waals surface area (Å²) in [5.41, 5.74) is 5.86. The van der Waals surface area contributed by atoms with E-state index in [-0.39, 0.29) is 11.6 Å². The molecule has 0 saturated carbocycles. The average Bonchev–Trinajstić information content (AvgIpc) is 3.21. The van der Waals surface area contributed by atoms with E-state index < -0.39 is 0 Å². The largest absolute Gasteiger partial charge is 0.260 e. The SMILES string of the molecule is Cc1nn(Cc2ccc(F)cc2)c2cc3c(cc12)c(C)nn3Cc1ccc(F)cc1. The summed E-state index contributed by atoms with van der Waals surface area (Å²) in [6.45, 7) is 5.10. The first-order valence-corrected chi connectivity index (χ1v) is 9.81. The van der Waals surface area contributed by atoms with Crippen LogP contribution in [0.15, 0.2) is 60.7 Å². The molecule has 0 N–H and O–H groups in total. The van der Waals surface area contributed by atoms with Crippen molar-refractivity contribution in [2.75, 3.05) is 0 Å². The number of aromatic nitrogens is 4. The van der Waals surface area contributed by atoms with Crippen molar-refractivity contribution in [1.29, 1.82) is 0 Å². The van der Waals surface area contributed by atoms with Crippen LogP contribution in [0.4, 0.5) is 8.78 Å². The van der Waals surface area contributed by atoms with Crippen LogP contribution in [-0.4, -0.2) is 19.6 Å². The lowest BCUT2D eigenvalue weighted by Gasteiger charge is -2.06. The zero-order valence-electron chi connectivity index (χ0n) is 16.7. The fraction of sp³-hybridized carbons (Fsp3) is 0.167. The Hall–Kier alpha value is -3.54. The van der Waals surface area contributed by atoms with Gasteiger partial charge in [0.25, 0.3) is 0 Å². The summed E-state index contributed by atoms with van der Waals surface area (Å²) >= 11 is 0. The Bertz CT molecular complexity index is 1260. The predicted molar refractivity (Wildman–Crippen MR) is 114 cm³/mol. The lowest BCUT2D eigenvalue weighted by molar-refractivity contribution is 0.625. The number of fused-ring (bicyclic) bond motifs is 2. The van der Waals surface area contributed by atoms with Gasteiger partial charge in [0.15, 0.2) is 0 Å². The van der Waals surface area contributed by atoms with E-state index in [0.717, 1.165) is 44.3 Å². The number of nitrogens with zero attached hydrogens (tertiary/aromatic N) is 4. The number of benzene rings is 3. The maximum atomic E-state index is 13.3. The van der Waals surface area contributed by atoms with Crippen molar-refractivity contribution in [3.05, 3.63) is 94.8 Å². The summed E-state index contributed by atoms with van der Waals surface area (Å²) in [4.78, 5) is 0. The van der Waals surface area contributed by atoms with Crippen molar-refractivity contribution in [3.8, 4) is 0 Å². The molecule has 0 radical (unpaired) electrons. The van der Waals surface area contributed by atoms with Crippen LogP contribution in [-0.2, 0) is 13.1 Å². The highest BCUT2D eigenvalue weighted by molar-refractivity contribution is 5.97. The number of hydrogen-bond donors (Lipinski definition) is 0. The number of hydrogen-bond acceptors (Lipinski definition) is 2. The molecule has 5 rings (SSSR count). The first-order chi connectivity index (χ1) is 14.5. The molecule has 0 aliphatic carbocycles. The third-order valence-corrected chi connectivity index (χ3v) is 5.48. The monoisotopic (exact) mass is 402 g/mol. The molecule has 0 spiro atoms. The van der Waals surface area contributed by atoms with E-state index in [1.807, 2.05) is 23.2 Å². The van der Waals surface area contributed by atoms with Gasteiger partial charge in [-0.25, -0.2) is 8.78 Å². The zero-order chi connectivity index (χ0) is 20.8. The topological polar surface area (TPSA) is 35.6 Å². The van der Waals surface area contributed by atoms with Crippen molar-refractivity contribution in [1.82, 2.24) is 19.6 Å². The summed E-state index contributed by atoms with van der Waals surface area (Å²) in [5.74, 6) is -0.496. The second-order valence-corrected chi connectivity index (χ2v) is 7.63. The molecular formula is C24H20F2N4. The van der Waals surface area contributed by atoms with Gasteiger partial charge >= 0.3 is 0 Å². The van der Waals surface area contributed by atoms with Crippen molar-refractivity contribution in [2.24, 2.45) is 0 Å². The van der Waals surface area contributed by atoms with E-state index in [1.165, 1.54) is 24.3 Å². The Morgan fingerprint density at radius 2 is 1.03 bits per heavy atom. The van der Waals surface area contributed by atoms with Gasteiger partial charge in [-0.05, 0) is 61.4 Å². The van der Waals surface area contributed by atoms with E-state index in [0.29, 0.717) is 13.1 Å². The van der Waals surface area contributed by atoms with Crippen LogP contribution in [0.1, 0.15) is 22.5 Å². The Morgan fingerprint density at radius 1 is 0.633 bits per heavy atom. The number of aryl methyl sites for hydroxylation is 2. The Balaban J connectivity index is 1.61. The molecule has 0 unspecified atom stereocenters. The zero-order valence-corrected chi connectivity index (χ0v) is 16.7. The smallest absolute Gasteiger partial charge is 0.123 e. The molecule has 0 aliphatic heterocycles. The average molecular weight is 402 g/mol. The van der Waals surface area contributed by atoms with Gasteiger partial charge in [-0.3, -0.25) is 9.36 Å². The van der Waals surface area contributed by atoms with Gasteiger partial charge in [0.1, 0.15) is 11.6 Å². The second-order valence-electron chi connectivity index (χ2n) is 7.63. The van der Waals surface area contributed by atoms with Crippen molar-refractivity contribution < 1.29 is 8.78 Å². The van der Waals surface area contributed by atoms with Crippen molar-refractivity contribution >= 4 is 21.8 Å². The maximum absolute atomic E-state index is 13.3. The highest BCUT2D eigenvalue weighted by Gasteiger charge is 2.15. The van der Waals surface area contributed by atoms with Crippen LogP contribution >= 0.6 is 0 Å². The molecule has 30 heavy (non-hydrogen) atoms. The summed E-state index contributed by atoms with van der Waals surface area (Å²) in [6.07, 6.45) is 0. The van der Waals surface area contributed by atoms with Crippen LogP contribution < -0.4 is 0 Å². The second kappa shape index (κ2) is 7.06. The molecule has 0 saturated heterocycles. The first-order valence-electron chi connectivity index (χ1n) is 9.81. The third kappa shape index (κ3) is 3.24. The van der Waals surface area contributed by atoms with E-state index in [2.05, 4.69) is 12.1 Å². The normalized spacial score (nSPS) is 11.6. The van der Waals surface area contributed by atoms with Crippen molar-refractivity contribution in [2.45, 2.75) is 26.9 Å². The molecule has 2 heterocycles. The maximum Gasteiger partial charge on any atom is 0.123 e. The first kappa shape index (κ1) is 18.5. The van der Waals surface area contributed by atoms with Crippen LogP contribution in [0, 0.1) is 25.5 Å². The third-order valence-electron chi connectivity index (χ3n) is 5.48. The van der Waals surface area contributed by atoms with Crippen molar-refractivity contribution in [3.63, 3.8) is 0 Å². The van der Waals surface area contributed by atoms with E-state index in [4.69, 9.17) is 10.2 Å². The molecule has 3 aromatic carbocycles. The fourth-order valence-corrected chi connectivity index (χ4v) is 3.93. The minimum atomic E-state index is -0.248. The Labute approximate surface area is 172 Å². The number of halogens is 2. The van der Waals surface area contributed by atoms with Gasteiger partial charge in [0.05, 0.1) is 35.5 Å². The lowest BCUT2D eigenvalue weighted by Crippen LogP contribution is -2.03. The molecule has 0 atom stereocenters. The van der Waals surface area contributed by atoms with Gasteiger partial charge < -0.3 is 0 Å². The minimum absolute atomic E-state index is 0.248. The van der Waals surface area contributed by atoms with Gasteiger partial charge in [-0.1, -0.05) is 24.3 Å². The molecular weight excluding hydrogens is 382 g/mol. The van der Waals surface area contributed by atoms with E-state index in [9.17, 15) is 8.78 Å². The fourth-order valence-electron chi connectivity index (χ4n) is 3.93. The van der Waals surface area contributed by atoms with Gasteiger partial charge in [-0.2, -0.15) is 10.2 Å².